The van der Waals surface area contributed by atoms with Crippen molar-refractivity contribution in [3.05, 3.63) is 54.1 Å². The Morgan fingerprint density at radius 3 is 2.53 bits per heavy atom. The molecule has 34 heavy (non-hydrogen) atoms. The van der Waals surface area contributed by atoms with Crippen molar-refractivity contribution in [3.63, 3.8) is 0 Å². The van der Waals surface area contributed by atoms with E-state index in [0.717, 1.165) is 4.90 Å². The molecule has 1 saturated heterocycles. The van der Waals surface area contributed by atoms with E-state index in [9.17, 15) is 23.2 Å². The van der Waals surface area contributed by atoms with Crippen molar-refractivity contribution in [2.45, 2.75) is 32.5 Å². The lowest BCUT2D eigenvalue weighted by molar-refractivity contribution is -0.167. The number of para-hydroxylation sites is 2. The van der Waals surface area contributed by atoms with Gasteiger partial charge in [-0.2, -0.15) is 18.4 Å². The molecule has 0 aliphatic carbocycles. The highest BCUT2D eigenvalue weighted by molar-refractivity contribution is 5.84. The first-order valence-corrected chi connectivity index (χ1v) is 11.1. The van der Waals surface area contributed by atoms with Gasteiger partial charge in [-0.3, -0.25) is 4.79 Å². The zero-order valence-electron chi connectivity index (χ0n) is 18.9. The summed E-state index contributed by atoms with van der Waals surface area (Å²) in [4.78, 5) is 25.0. The molecular formula is C25H24F3N5O. The van der Waals surface area contributed by atoms with Gasteiger partial charge in [0.25, 0.3) is 0 Å². The fraction of sp³-hybridized carbons (Fsp3) is 0.360. The minimum absolute atomic E-state index is 0.215. The minimum atomic E-state index is -4.48. The van der Waals surface area contributed by atoms with Crippen LogP contribution in [0.5, 0.6) is 0 Å². The number of alkyl halides is 3. The molecule has 1 atom stereocenters. The van der Waals surface area contributed by atoms with Crippen LogP contribution in [0, 0.1) is 17.2 Å². The average Bonchev–Trinajstić information content (AvgIpc) is 3.30. The molecule has 1 amide bonds. The van der Waals surface area contributed by atoms with Crippen molar-refractivity contribution in [1.29, 1.82) is 5.26 Å². The third-order valence-electron chi connectivity index (χ3n) is 5.85. The lowest BCUT2D eigenvalue weighted by Crippen LogP contribution is -2.48. The van der Waals surface area contributed by atoms with E-state index in [1.54, 1.807) is 32.0 Å². The van der Waals surface area contributed by atoms with Gasteiger partial charge in [-0.05, 0) is 30.7 Å². The highest BCUT2D eigenvalue weighted by Gasteiger charge is 2.40. The van der Waals surface area contributed by atoms with Crippen molar-refractivity contribution in [2.75, 3.05) is 24.5 Å². The molecule has 9 heteroatoms. The molecule has 2 aromatic carbocycles. The number of anilines is 1. The first-order chi connectivity index (χ1) is 16.2. The zero-order chi connectivity index (χ0) is 24.5. The third-order valence-corrected chi connectivity index (χ3v) is 5.85. The summed E-state index contributed by atoms with van der Waals surface area (Å²) in [5.74, 6) is -0.530. The lowest BCUT2D eigenvalue weighted by atomic mass is 10.1. The Balaban J connectivity index is 1.73. The van der Waals surface area contributed by atoms with Gasteiger partial charge in [0.2, 0.25) is 5.91 Å². The van der Waals surface area contributed by atoms with E-state index < -0.39 is 30.6 Å². The van der Waals surface area contributed by atoms with Gasteiger partial charge in [0, 0.05) is 24.6 Å². The lowest BCUT2D eigenvalue weighted by Gasteiger charge is -2.31. The molecule has 176 valence electrons. The Bertz CT molecular complexity index is 1250. The Hall–Kier alpha value is -3.67. The first kappa shape index (κ1) is 23.5. The highest BCUT2D eigenvalue weighted by atomic mass is 19.4. The number of aromatic nitrogens is 2. The molecule has 0 radical (unpaired) electrons. The summed E-state index contributed by atoms with van der Waals surface area (Å²) in [5.41, 5.74) is 3.05. The van der Waals surface area contributed by atoms with Crippen molar-refractivity contribution in [1.82, 2.24) is 14.9 Å². The number of halogens is 3. The van der Waals surface area contributed by atoms with Crippen molar-refractivity contribution >= 4 is 22.8 Å². The van der Waals surface area contributed by atoms with Gasteiger partial charge in [-0.25, -0.2) is 9.97 Å². The summed E-state index contributed by atoms with van der Waals surface area (Å²) in [6, 6.07) is 15.9. The van der Waals surface area contributed by atoms with Crippen molar-refractivity contribution in [3.8, 4) is 17.3 Å². The predicted molar refractivity (Wildman–Crippen MR) is 123 cm³/mol. The molecule has 3 aromatic rings. The quantitative estimate of drug-likeness (QED) is 0.539. The maximum absolute atomic E-state index is 13.3. The standard InChI is InChI=1S/C25H24F3N5O/c1-16(2)24(34)33(15-25(26,27)28)19-10-11-32(14-19)23-22(18-7-5-6-17(12-18)13-29)30-20-8-3-4-9-21(20)31-23/h3-9,12,16,19H,10-11,14-15H2,1-2H3/t19-/m0/s1. The average molecular weight is 467 g/mol. The Morgan fingerprint density at radius 1 is 1.18 bits per heavy atom. The second-order valence-electron chi connectivity index (χ2n) is 8.70. The molecule has 1 aliphatic heterocycles. The fourth-order valence-electron chi connectivity index (χ4n) is 4.24. The fourth-order valence-corrected chi connectivity index (χ4v) is 4.24. The number of amides is 1. The SMILES string of the molecule is CC(C)C(=O)N(CC(F)(F)F)[C@H]1CCN(c2nc3ccccc3nc2-c2cccc(C#N)c2)C1. The molecule has 0 N–H and O–H groups in total. The number of carbonyl (C=O) groups excluding carboxylic acids is 1. The second kappa shape index (κ2) is 9.29. The summed E-state index contributed by atoms with van der Waals surface area (Å²) in [6.07, 6.45) is -4.09. The van der Waals surface area contributed by atoms with Crippen molar-refractivity contribution < 1.29 is 18.0 Å². The van der Waals surface area contributed by atoms with Gasteiger partial charge in [0.05, 0.1) is 28.7 Å². The Morgan fingerprint density at radius 2 is 1.88 bits per heavy atom. The molecule has 1 aliphatic rings. The third kappa shape index (κ3) is 4.96. The molecular weight excluding hydrogens is 443 g/mol. The van der Waals surface area contributed by atoms with Crippen LogP contribution in [0.2, 0.25) is 0 Å². The second-order valence-corrected chi connectivity index (χ2v) is 8.70. The summed E-state index contributed by atoms with van der Waals surface area (Å²) >= 11 is 0. The van der Waals surface area contributed by atoms with Gasteiger partial charge in [0.1, 0.15) is 12.2 Å². The smallest absolute Gasteiger partial charge is 0.353 e. The van der Waals surface area contributed by atoms with Crippen LogP contribution in [-0.2, 0) is 4.79 Å². The number of hydrogen-bond acceptors (Lipinski definition) is 5. The summed E-state index contributed by atoms with van der Waals surface area (Å²) in [6.45, 7) is 2.58. The molecule has 4 rings (SSSR count). The number of fused-ring (bicyclic) bond motifs is 1. The van der Waals surface area contributed by atoms with Gasteiger partial charge in [0.15, 0.2) is 5.82 Å². The van der Waals surface area contributed by atoms with Crippen LogP contribution in [0.1, 0.15) is 25.8 Å². The number of nitrogens with zero attached hydrogens (tertiary/aromatic N) is 5. The minimum Gasteiger partial charge on any atom is -0.353 e. The normalized spacial score (nSPS) is 16.1. The molecule has 1 fully saturated rings. The van der Waals surface area contributed by atoms with Crippen molar-refractivity contribution in [2.24, 2.45) is 5.92 Å². The molecule has 0 spiro atoms. The first-order valence-electron chi connectivity index (χ1n) is 11.1. The van der Waals surface area contributed by atoms with Crippen LogP contribution >= 0.6 is 0 Å². The van der Waals surface area contributed by atoms with Gasteiger partial charge in [-0.15, -0.1) is 0 Å². The van der Waals surface area contributed by atoms with E-state index in [1.165, 1.54) is 0 Å². The molecule has 6 nitrogen and oxygen atoms in total. The molecule has 1 aromatic heterocycles. The van der Waals surface area contributed by atoms with E-state index >= 15 is 0 Å². The molecule has 0 bridgehead atoms. The number of hydrogen-bond donors (Lipinski definition) is 0. The largest absolute Gasteiger partial charge is 0.406 e. The van der Waals surface area contributed by atoms with E-state index in [1.807, 2.05) is 35.2 Å². The predicted octanol–water partition coefficient (Wildman–Crippen LogP) is 4.79. The van der Waals surface area contributed by atoms with Crippen LogP contribution in [0.4, 0.5) is 19.0 Å². The van der Waals surface area contributed by atoms with Crippen LogP contribution in [0.3, 0.4) is 0 Å². The van der Waals surface area contributed by atoms with Crippen LogP contribution in [0.25, 0.3) is 22.3 Å². The Kier molecular flexibility index (Phi) is 6.42. The Labute approximate surface area is 195 Å². The zero-order valence-corrected chi connectivity index (χ0v) is 18.9. The summed E-state index contributed by atoms with van der Waals surface area (Å²) < 4.78 is 39.8. The van der Waals surface area contributed by atoms with E-state index in [2.05, 4.69) is 6.07 Å². The number of benzene rings is 2. The maximum atomic E-state index is 13.3. The monoisotopic (exact) mass is 467 g/mol. The number of carbonyl (C=O) groups is 1. The molecule has 2 heterocycles. The summed E-state index contributed by atoms with van der Waals surface area (Å²) in [5, 5.41) is 9.32. The van der Waals surface area contributed by atoms with E-state index in [-0.39, 0.29) is 6.54 Å². The van der Waals surface area contributed by atoms with E-state index in [4.69, 9.17) is 9.97 Å². The van der Waals surface area contributed by atoms with E-state index in [0.29, 0.717) is 46.6 Å². The molecule has 0 unspecified atom stereocenters. The van der Waals surface area contributed by atoms with Crippen LogP contribution in [0.15, 0.2) is 48.5 Å². The van der Waals surface area contributed by atoms with Gasteiger partial charge >= 0.3 is 6.18 Å². The number of rotatable bonds is 5. The van der Waals surface area contributed by atoms with Gasteiger partial charge < -0.3 is 9.80 Å². The topological polar surface area (TPSA) is 73.1 Å². The maximum Gasteiger partial charge on any atom is 0.406 e. The van der Waals surface area contributed by atoms with Gasteiger partial charge in [-0.1, -0.05) is 38.1 Å². The summed E-state index contributed by atoms with van der Waals surface area (Å²) in [7, 11) is 0. The number of nitriles is 1. The molecule has 0 saturated carbocycles. The van der Waals surface area contributed by atoms with Crippen LogP contribution < -0.4 is 4.90 Å². The highest BCUT2D eigenvalue weighted by Crippen LogP contribution is 2.34. The van der Waals surface area contributed by atoms with Crippen LogP contribution in [-0.4, -0.2) is 52.6 Å².